The lowest BCUT2D eigenvalue weighted by Gasteiger charge is -2.38. The number of hydrogen-bond donors (Lipinski definition) is 2. The first-order valence-corrected chi connectivity index (χ1v) is 12.6. The standard InChI is InChI=1S/C27H24ClN5O4/c28-18-4-6-19(7-5-18)32-13-1-3-17-15-21(9-10-22(17)32)37-23-11-8-20(16-29-23)33-14-2-12-27(33)24(34)30-26(36)31-25(27)35/h4-11,15-16H,1-3,12-14H2,(H2,30,31,34,35,36). The molecule has 1 spiro atoms. The lowest BCUT2D eigenvalue weighted by molar-refractivity contribution is -0.137. The van der Waals surface area contributed by atoms with Crippen LogP contribution in [0.2, 0.25) is 5.02 Å². The Bertz CT molecular complexity index is 1370. The molecule has 2 aromatic carbocycles. The summed E-state index contributed by atoms with van der Waals surface area (Å²) >= 11 is 6.06. The Kier molecular flexibility index (Phi) is 5.72. The maximum Gasteiger partial charge on any atom is 0.328 e. The van der Waals surface area contributed by atoms with E-state index in [1.807, 2.05) is 36.4 Å². The molecule has 6 rings (SSSR count). The van der Waals surface area contributed by atoms with E-state index in [0.29, 0.717) is 41.7 Å². The van der Waals surface area contributed by atoms with Gasteiger partial charge in [-0.2, -0.15) is 0 Å². The molecule has 3 aromatic rings. The van der Waals surface area contributed by atoms with E-state index >= 15 is 0 Å². The van der Waals surface area contributed by atoms with Crippen molar-refractivity contribution in [1.29, 1.82) is 0 Å². The van der Waals surface area contributed by atoms with Crippen molar-refractivity contribution in [2.24, 2.45) is 0 Å². The van der Waals surface area contributed by atoms with Gasteiger partial charge in [-0.3, -0.25) is 20.2 Å². The molecule has 0 radical (unpaired) electrons. The maximum atomic E-state index is 12.7. The summed E-state index contributed by atoms with van der Waals surface area (Å²) in [6.45, 7) is 1.42. The number of urea groups is 1. The smallest absolute Gasteiger partial charge is 0.328 e. The molecule has 188 valence electrons. The van der Waals surface area contributed by atoms with Crippen molar-refractivity contribution in [3.05, 3.63) is 71.4 Å². The van der Waals surface area contributed by atoms with Crippen molar-refractivity contribution >= 4 is 46.5 Å². The summed E-state index contributed by atoms with van der Waals surface area (Å²) < 4.78 is 6.04. The Morgan fingerprint density at radius 2 is 1.65 bits per heavy atom. The lowest BCUT2D eigenvalue weighted by Crippen LogP contribution is -2.71. The number of nitrogens with one attached hydrogen (secondary N) is 2. The zero-order valence-electron chi connectivity index (χ0n) is 19.9. The summed E-state index contributed by atoms with van der Waals surface area (Å²) in [5.74, 6) is -0.143. The molecule has 0 bridgehead atoms. The molecule has 0 unspecified atom stereocenters. The minimum atomic E-state index is -1.45. The fraction of sp³-hybridized carbons (Fsp3) is 0.259. The number of ether oxygens (including phenoxy) is 1. The Labute approximate surface area is 218 Å². The van der Waals surface area contributed by atoms with Crippen molar-refractivity contribution in [3.8, 4) is 11.6 Å². The van der Waals surface area contributed by atoms with Gasteiger partial charge in [-0.1, -0.05) is 11.6 Å². The van der Waals surface area contributed by atoms with Crippen molar-refractivity contribution < 1.29 is 19.1 Å². The summed E-state index contributed by atoms with van der Waals surface area (Å²) in [5.41, 5.74) is 2.59. The monoisotopic (exact) mass is 517 g/mol. The van der Waals surface area contributed by atoms with Gasteiger partial charge in [0, 0.05) is 35.6 Å². The Morgan fingerprint density at radius 3 is 2.38 bits per heavy atom. The third-order valence-corrected chi connectivity index (χ3v) is 7.40. The number of anilines is 3. The van der Waals surface area contributed by atoms with Gasteiger partial charge in [0.05, 0.1) is 11.9 Å². The number of rotatable bonds is 4. The molecule has 0 aliphatic carbocycles. The van der Waals surface area contributed by atoms with Crippen molar-refractivity contribution in [2.75, 3.05) is 22.9 Å². The highest BCUT2D eigenvalue weighted by Crippen LogP contribution is 2.38. The van der Waals surface area contributed by atoms with E-state index in [4.69, 9.17) is 16.3 Å². The SMILES string of the molecule is O=C1NC(=O)C2(CCCN2c2ccc(Oc3ccc4c(c3)CCCN4c3ccc(Cl)cc3)nc2)C(=O)N1. The van der Waals surface area contributed by atoms with Crippen LogP contribution in [-0.4, -0.2) is 41.5 Å². The van der Waals surface area contributed by atoms with Crippen LogP contribution in [0.1, 0.15) is 24.8 Å². The second kappa shape index (κ2) is 9.08. The van der Waals surface area contributed by atoms with Gasteiger partial charge in [0.1, 0.15) is 5.75 Å². The number of amides is 4. The van der Waals surface area contributed by atoms with Crippen LogP contribution in [0, 0.1) is 0 Å². The van der Waals surface area contributed by atoms with Crippen LogP contribution in [-0.2, 0) is 16.0 Å². The van der Waals surface area contributed by atoms with E-state index in [2.05, 4.69) is 26.6 Å². The van der Waals surface area contributed by atoms with Crippen molar-refractivity contribution in [1.82, 2.24) is 15.6 Å². The number of barbiturate groups is 1. The topological polar surface area (TPSA) is 104 Å². The second-order valence-electron chi connectivity index (χ2n) is 9.33. The Hall–Kier alpha value is -4.11. The third kappa shape index (κ3) is 4.05. The minimum Gasteiger partial charge on any atom is -0.439 e. The van der Waals surface area contributed by atoms with E-state index in [-0.39, 0.29) is 0 Å². The summed E-state index contributed by atoms with van der Waals surface area (Å²) in [4.78, 5) is 45.3. The van der Waals surface area contributed by atoms with Crippen LogP contribution in [0.5, 0.6) is 11.6 Å². The Morgan fingerprint density at radius 1 is 0.892 bits per heavy atom. The first-order chi connectivity index (χ1) is 17.9. The fourth-order valence-electron chi connectivity index (χ4n) is 5.43. The molecule has 1 aromatic heterocycles. The molecule has 2 N–H and O–H groups in total. The molecular weight excluding hydrogens is 494 g/mol. The summed E-state index contributed by atoms with van der Waals surface area (Å²) in [6, 6.07) is 16.5. The van der Waals surface area contributed by atoms with Crippen LogP contribution in [0.4, 0.5) is 21.9 Å². The molecule has 0 saturated carbocycles. The van der Waals surface area contributed by atoms with E-state index in [1.54, 1.807) is 23.2 Å². The third-order valence-electron chi connectivity index (χ3n) is 7.15. The summed E-state index contributed by atoms with van der Waals surface area (Å²) in [5, 5.41) is 5.15. The highest BCUT2D eigenvalue weighted by atomic mass is 35.5. The second-order valence-corrected chi connectivity index (χ2v) is 9.77. The van der Waals surface area contributed by atoms with Crippen LogP contribution in [0.15, 0.2) is 60.8 Å². The van der Waals surface area contributed by atoms with E-state index in [1.165, 1.54) is 5.56 Å². The van der Waals surface area contributed by atoms with Gasteiger partial charge in [-0.25, -0.2) is 9.78 Å². The summed E-state index contributed by atoms with van der Waals surface area (Å²) in [6.07, 6.45) is 4.51. The van der Waals surface area contributed by atoms with Gasteiger partial charge in [-0.15, -0.1) is 0 Å². The van der Waals surface area contributed by atoms with Crippen LogP contribution in [0.25, 0.3) is 0 Å². The zero-order chi connectivity index (χ0) is 25.6. The highest BCUT2D eigenvalue weighted by Gasteiger charge is 2.57. The number of nitrogens with zero attached hydrogens (tertiary/aromatic N) is 3. The quantitative estimate of drug-likeness (QED) is 0.497. The number of fused-ring (bicyclic) bond motifs is 1. The molecule has 2 fully saturated rings. The molecule has 10 heteroatoms. The molecule has 4 heterocycles. The van der Waals surface area contributed by atoms with Crippen molar-refractivity contribution in [3.63, 3.8) is 0 Å². The minimum absolute atomic E-state index is 0.318. The van der Waals surface area contributed by atoms with E-state index < -0.39 is 23.4 Å². The molecule has 4 amide bonds. The number of carbonyl (C=O) groups is 3. The number of aromatic nitrogens is 1. The first kappa shape index (κ1) is 23.3. The van der Waals surface area contributed by atoms with Crippen LogP contribution in [0.3, 0.4) is 0 Å². The molecular formula is C27H24ClN5O4. The predicted molar refractivity (Wildman–Crippen MR) is 139 cm³/mol. The zero-order valence-corrected chi connectivity index (χ0v) is 20.6. The van der Waals surface area contributed by atoms with Gasteiger partial charge < -0.3 is 14.5 Å². The Balaban J connectivity index is 1.20. The fourth-order valence-corrected chi connectivity index (χ4v) is 5.55. The van der Waals surface area contributed by atoms with E-state index in [0.717, 1.165) is 30.8 Å². The van der Waals surface area contributed by atoms with E-state index in [9.17, 15) is 14.4 Å². The number of halogens is 1. The number of benzene rings is 2. The largest absolute Gasteiger partial charge is 0.439 e. The number of imide groups is 2. The van der Waals surface area contributed by atoms with Crippen LogP contribution >= 0.6 is 11.6 Å². The van der Waals surface area contributed by atoms with Gasteiger partial charge >= 0.3 is 6.03 Å². The number of carbonyl (C=O) groups excluding carboxylic acids is 3. The van der Waals surface area contributed by atoms with Gasteiger partial charge in [-0.05, 0) is 79.8 Å². The van der Waals surface area contributed by atoms with Crippen molar-refractivity contribution in [2.45, 2.75) is 31.2 Å². The van der Waals surface area contributed by atoms with Gasteiger partial charge in [0.2, 0.25) is 5.88 Å². The molecule has 0 atom stereocenters. The molecule has 3 aliphatic heterocycles. The molecule has 9 nitrogen and oxygen atoms in total. The molecule has 37 heavy (non-hydrogen) atoms. The maximum absolute atomic E-state index is 12.7. The first-order valence-electron chi connectivity index (χ1n) is 12.2. The lowest BCUT2D eigenvalue weighted by atomic mass is 9.92. The normalized spacial score (nSPS) is 18.5. The van der Waals surface area contributed by atoms with Gasteiger partial charge in [0.25, 0.3) is 11.8 Å². The number of hydrogen-bond acceptors (Lipinski definition) is 7. The average Bonchev–Trinajstić information content (AvgIpc) is 3.34. The number of pyridine rings is 1. The van der Waals surface area contributed by atoms with Gasteiger partial charge in [0.15, 0.2) is 5.54 Å². The highest BCUT2D eigenvalue weighted by molar-refractivity contribution is 6.30. The molecule has 2 saturated heterocycles. The average molecular weight is 518 g/mol. The summed E-state index contributed by atoms with van der Waals surface area (Å²) in [7, 11) is 0. The predicted octanol–water partition coefficient (Wildman–Crippen LogP) is 4.32. The molecule has 3 aliphatic rings. The number of aryl methyl sites for hydroxylation is 1. The van der Waals surface area contributed by atoms with Crippen LogP contribution < -0.4 is 25.2 Å².